The van der Waals surface area contributed by atoms with Crippen molar-refractivity contribution in [1.82, 2.24) is 10.2 Å². The summed E-state index contributed by atoms with van der Waals surface area (Å²) < 4.78 is 10.7. The van der Waals surface area contributed by atoms with Gasteiger partial charge in [0.15, 0.2) is 11.5 Å². The number of non-ortho nitro benzene ring substituents is 1. The molecule has 9 nitrogen and oxygen atoms in total. The van der Waals surface area contributed by atoms with Gasteiger partial charge in [-0.2, -0.15) is 0 Å². The van der Waals surface area contributed by atoms with Crippen molar-refractivity contribution < 1.29 is 19.2 Å². The largest absolute Gasteiger partial charge is 0.454 e. The third kappa shape index (κ3) is 5.34. The summed E-state index contributed by atoms with van der Waals surface area (Å²) in [5.41, 5.74) is 1.85. The highest BCUT2D eigenvalue weighted by Crippen LogP contribution is 2.32. The summed E-state index contributed by atoms with van der Waals surface area (Å²) in [5, 5.41) is 16.6. The molecule has 0 bridgehead atoms. The second-order valence-corrected chi connectivity index (χ2v) is 6.44. The zero-order chi connectivity index (χ0) is 19.9. The zero-order valence-electron chi connectivity index (χ0n) is 15.5. The Morgan fingerprint density at radius 2 is 1.89 bits per heavy atom. The van der Waals surface area contributed by atoms with Crippen molar-refractivity contribution in [2.24, 2.45) is 0 Å². The van der Waals surface area contributed by atoms with E-state index in [4.69, 9.17) is 9.47 Å². The van der Waals surface area contributed by atoms with Gasteiger partial charge >= 0.3 is 0 Å². The quantitative estimate of drug-likeness (QED) is 0.386. The second kappa shape index (κ2) is 9.05. The third-order valence-electron chi connectivity index (χ3n) is 4.16. The lowest BCUT2D eigenvalue weighted by atomic mass is 10.2. The molecule has 1 aliphatic rings. The van der Waals surface area contributed by atoms with Crippen LogP contribution in [0.2, 0.25) is 0 Å². The number of ether oxygens (including phenoxy) is 2. The van der Waals surface area contributed by atoms with Gasteiger partial charge in [-0.1, -0.05) is 6.07 Å². The zero-order valence-corrected chi connectivity index (χ0v) is 15.5. The molecule has 28 heavy (non-hydrogen) atoms. The number of carbonyl (C=O) groups is 1. The average molecular weight is 386 g/mol. The molecule has 1 aliphatic heterocycles. The van der Waals surface area contributed by atoms with Crippen LogP contribution in [0.1, 0.15) is 5.56 Å². The van der Waals surface area contributed by atoms with Gasteiger partial charge in [0.2, 0.25) is 12.7 Å². The molecule has 1 amide bonds. The van der Waals surface area contributed by atoms with E-state index in [0.29, 0.717) is 19.6 Å². The molecule has 0 saturated carbocycles. The van der Waals surface area contributed by atoms with Crippen LogP contribution >= 0.6 is 0 Å². The second-order valence-electron chi connectivity index (χ2n) is 6.44. The molecule has 0 radical (unpaired) electrons. The number of anilines is 1. The Hall–Kier alpha value is -3.33. The van der Waals surface area contributed by atoms with E-state index < -0.39 is 4.92 Å². The highest BCUT2D eigenvalue weighted by molar-refractivity contribution is 5.78. The van der Waals surface area contributed by atoms with E-state index in [1.54, 1.807) is 12.1 Å². The van der Waals surface area contributed by atoms with Gasteiger partial charge in [-0.05, 0) is 36.9 Å². The van der Waals surface area contributed by atoms with Gasteiger partial charge in [0.25, 0.3) is 5.69 Å². The number of benzene rings is 2. The molecule has 9 heteroatoms. The van der Waals surface area contributed by atoms with Crippen LogP contribution in [0.15, 0.2) is 42.5 Å². The number of rotatable bonds is 9. The molecule has 0 unspecified atom stereocenters. The molecule has 0 atom stereocenters. The van der Waals surface area contributed by atoms with E-state index >= 15 is 0 Å². The summed E-state index contributed by atoms with van der Waals surface area (Å²) in [5.74, 6) is 1.39. The van der Waals surface area contributed by atoms with Crippen molar-refractivity contribution in [2.45, 2.75) is 6.54 Å². The summed E-state index contributed by atoms with van der Waals surface area (Å²) in [6.45, 7) is 2.10. The number of nitro groups is 1. The number of carbonyl (C=O) groups excluding carboxylic acids is 1. The fraction of sp³-hybridized carbons (Fsp3) is 0.316. The molecule has 2 aromatic carbocycles. The number of fused-ring (bicyclic) bond motifs is 1. The number of nitrogens with one attached hydrogen (secondary N) is 2. The van der Waals surface area contributed by atoms with Crippen molar-refractivity contribution in [1.29, 1.82) is 0 Å². The van der Waals surface area contributed by atoms with E-state index in [2.05, 4.69) is 10.6 Å². The summed E-state index contributed by atoms with van der Waals surface area (Å²) >= 11 is 0. The number of hydrogen-bond acceptors (Lipinski definition) is 7. The first-order chi connectivity index (χ1) is 13.5. The molecule has 2 N–H and O–H groups in total. The van der Waals surface area contributed by atoms with Gasteiger partial charge in [0.1, 0.15) is 0 Å². The van der Waals surface area contributed by atoms with Gasteiger partial charge < -0.3 is 20.1 Å². The van der Waals surface area contributed by atoms with Gasteiger partial charge in [-0.25, -0.2) is 0 Å². The Morgan fingerprint density at radius 1 is 1.14 bits per heavy atom. The topological polar surface area (TPSA) is 106 Å². The Labute approximate surface area is 162 Å². The molecule has 0 aromatic heterocycles. The lowest BCUT2D eigenvalue weighted by Gasteiger charge is -2.17. The maximum atomic E-state index is 12.1. The van der Waals surface area contributed by atoms with Crippen LogP contribution in [-0.4, -0.2) is 49.2 Å². The van der Waals surface area contributed by atoms with Crippen LogP contribution in [0.25, 0.3) is 0 Å². The fourth-order valence-corrected chi connectivity index (χ4v) is 2.82. The molecule has 0 fully saturated rings. The first-order valence-electron chi connectivity index (χ1n) is 8.83. The van der Waals surface area contributed by atoms with Crippen molar-refractivity contribution in [3.8, 4) is 11.5 Å². The first-order valence-corrected chi connectivity index (χ1v) is 8.83. The van der Waals surface area contributed by atoms with Gasteiger partial charge in [-0.15, -0.1) is 0 Å². The number of likely N-dealkylation sites (N-methyl/N-ethyl adjacent to an activating group) is 1. The smallest absolute Gasteiger partial charge is 0.269 e. The standard InChI is InChI=1S/C19H22N4O5/c1-22(11-14-2-7-17-18(10-14)28-13-27-17)12-19(24)21-9-8-20-15-3-5-16(6-4-15)23(25)26/h2-7,10,20H,8-9,11-13H2,1H3,(H,21,24). The lowest BCUT2D eigenvalue weighted by Crippen LogP contribution is -2.37. The molecule has 148 valence electrons. The molecular weight excluding hydrogens is 364 g/mol. The molecule has 3 rings (SSSR count). The first kappa shape index (κ1) is 19.4. The Balaban J connectivity index is 1.35. The van der Waals surface area contributed by atoms with Crippen LogP contribution in [0.3, 0.4) is 0 Å². The number of hydrogen-bond donors (Lipinski definition) is 2. The molecule has 2 aromatic rings. The summed E-state index contributed by atoms with van der Waals surface area (Å²) in [4.78, 5) is 24.2. The van der Waals surface area contributed by atoms with Crippen molar-refractivity contribution in [3.63, 3.8) is 0 Å². The molecular formula is C19H22N4O5. The number of nitro benzene ring substituents is 1. The predicted molar refractivity (Wildman–Crippen MR) is 103 cm³/mol. The molecule has 0 spiro atoms. The van der Waals surface area contributed by atoms with Crippen molar-refractivity contribution in [3.05, 3.63) is 58.1 Å². The van der Waals surface area contributed by atoms with Crippen molar-refractivity contribution >= 4 is 17.3 Å². The minimum absolute atomic E-state index is 0.0457. The van der Waals surface area contributed by atoms with Crippen molar-refractivity contribution in [2.75, 3.05) is 38.8 Å². The number of amides is 1. The van der Waals surface area contributed by atoms with Crippen LogP contribution < -0.4 is 20.1 Å². The van der Waals surface area contributed by atoms with Crippen LogP contribution in [0, 0.1) is 10.1 Å². The SMILES string of the molecule is CN(CC(=O)NCCNc1ccc([N+](=O)[O-])cc1)Cc1ccc2c(c1)OCO2. The summed E-state index contributed by atoms with van der Waals surface area (Å²) in [6, 6.07) is 11.9. The van der Waals surface area contributed by atoms with Crippen LogP contribution in [0.4, 0.5) is 11.4 Å². The Bertz CT molecular complexity index is 841. The van der Waals surface area contributed by atoms with Crippen LogP contribution in [-0.2, 0) is 11.3 Å². The number of nitrogens with zero attached hydrogens (tertiary/aromatic N) is 2. The highest BCUT2D eigenvalue weighted by Gasteiger charge is 2.14. The fourth-order valence-electron chi connectivity index (χ4n) is 2.82. The maximum Gasteiger partial charge on any atom is 0.269 e. The monoisotopic (exact) mass is 386 g/mol. The average Bonchev–Trinajstić information content (AvgIpc) is 3.13. The normalized spacial score (nSPS) is 12.1. The van der Waals surface area contributed by atoms with Crippen LogP contribution in [0.5, 0.6) is 11.5 Å². The van der Waals surface area contributed by atoms with E-state index in [9.17, 15) is 14.9 Å². The lowest BCUT2D eigenvalue weighted by molar-refractivity contribution is -0.384. The van der Waals surface area contributed by atoms with Gasteiger partial charge in [0, 0.05) is 37.5 Å². The van der Waals surface area contributed by atoms with Gasteiger partial charge in [0.05, 0.1) is 11.5 Å². The van der Waals surface area contributed by atoms with E-state index in [-0.39, 0.29) is 24.9 Å². The third-order valence-corrected chi connectivity index (χ3v) is 4.16. The molecule has 1 heterocycles. The van der Waals surface area contributed by atoms with E-state index in [1.807, 2.05) is 30.1 Å². The summed E-state index contributed by atoms with van der Waals surface area (Å²) in [6.07, 6.45) is 0. The minimum Gasteiger partial charge on any atom is -0.454 e. The minimum atomic E-state index is -0.440. The Morgan fingerprint density at radius 3 is 2.64 bits per heavy atom. The van der Waals surface area contributed by atoms with E-state index in [0.717, 1.165) is 22.7 Å². The summed E-state index contributed by atoms with van der Waals surface area (Å²) in [7, 11) is 1.87. The van der Waals surface area contributed by atoms with Gasteiger partial charge in [-0.3, -0.25) is 19.8 Å². The molecule has 0 saturated heterocycles. The highest BCUT2D eigenvalue weighted by atomic mass is 16.7. The molecule has 0 aliphatic carbocycles. The van der Waals surface area contributed by atoms with E-state index in [1.165, 1.54) is 12.1 Å². The predicted octanol–water partition coefficient (Wildman–Crippen LogP) is 1.98. The Kier molecular flexibility index (Phi) is 6.28. The maximum absolute atomic E-state index is 12.1.